The fourth-order valence-corrected chi connectivity index (χ4v) is 12.2. The Morgan fingerprint density at radius 1 is 0.635 bits per heavy atom. The second-order valence-electron chi connectivity index (χ2n) is 25.0. The number of nitrogens with one attached hydrogen (secondary N) is 2. The van der Waals surface area contributed by atoms with E-state index in [4.69, 9.17) is 30.2 Å². The summed E-state index contributed by atoms with van der Waals surface area (Å²) in [4.78, 5) is 28.8. The summed E-state index contributed by atoms with van der Waals surface area (Å²) in [5.41, 5.74) is 11.2. The first-order chi connectivity index (χ1) is 34.1. The molecule has 8 rings (SSSR count). The molecule has 0 saturated heterocycles. The summed E-state index contributed by atoms with van der Waals surface area (Å²) in [6.45, 7) is 37.1. The summed E-state index contributed by atoms with van der Waals surface area (Å²) >= 11 is 0. The molecule has 74 heavy (non-hydrogen) atoms. The summed E-state index contributed by atoms with van der Waals surface area (Å²) in [5, 5.41) is 19.1. The van der Waals surface area contributed by atoms with Gasteiger partial charge in [0, 0.05) is 71.3 Å². The fourth-order valence-electron chi connectivity index (χ4n) is 11.1. The van der Waals surface area contributed by atoms with Gasteiger partial charge in [-0.1, -0.05) is 69.2 Å². The van der Waals surface area contributed by atoms with Gasteiger partial charge in [-0.2, -0.15) is 10.2 Å². The number of benzene rings is 2. The summed E-state index contributed by atoms with van der Waals surface area (Å²) in [6.07, 6.45) is 6.34. The lowest BCUT2D eigenvalue weighted by Gasteiger charge is -2.49. The molecule has 0 aliphatic carbocycles. The normalized spacial score (nSPS) is 21.4. The number of aryl methyl sites for hydroxylation is 2. The number of sulfonamides is 2. The number of anilines is 2. The minimum Gasteiger partial charge on any atom is -0.366 e. The van der Waals surface area contributed by atoms with E-state index in [-0.39, 0.29) is 46.8 Å². The minimum absolute atomic E-state index is 0.0555. The predicted octanol–water partition coefficient (Wildman–Crippen LogP) is 9.23. The Labute approximate surface area is 440 Å². The molecule has 0 bridgehead atoms. The molecule has 0 fully saturated rings. The molecule has 4 unspecified atom stereocenters. The average Bonchev–Trinajstić information content (AvgIpc) is 4.03. The van der Waals surface area contributed by atoms with Crippen LogP contribution in [0.25, 0.3) is 0 Å². The largest absolute Gasteiger partial charge is 0.366 e. The predicted molar refractivity (Wildman–Crippen MR) is 300 cm³/mol. The van der Waals surface area contributed by atoms with E-state index in [1.165, 1.54) is 22.5 Å². The Bertz CT molecular complexity index is 3010. The second-order valence-corrected chi connectivity index (χ2v) is 28.6. The smallest absolute Gasteiger partial charge is 0.208 e. The van der Waals surface area contributed by atoms with Crippen LogP contribution in [0.5, 0.6) is 0 Å². The van der Waals surface area contributed by atoms with Crippen LogP contribution in [0.1, 0.15) is 192 Å². The first-order valence-corrected chi connectivity index (χ1v) is 30.0. The van der Waals surface area contributed by atoms with E-state index in [0.29, 0.717) is 46.6 Å². The molecule has 0 radical (unpaired) electrons. The molecule has 20 heteroatoms. The van der Waals surface area contributed by atoms with Crippen LogP contribution in [0.15, 0.2) is 44.5 Å². The fraction of sp³-hybridized carbons (Fsp3) is 0.630. The molecule has 4 atom stereocenters. The van der Waals surface area contributed by atoms with Gasteiger partial charge < -0.3 is 9.80 Å². The van der Waals surface area contributed by atoms with Crippen molar-refractivity contribution in [2.75, 3.05) is 48.5 Å². The summed E-state index contributed by atoms with van der Waals surface area (Å²) in [5.74, 6) is 2.25. The van der Waals surface area contributed by atoms with Gasteiger partial charge in [0.25, 0.3) is 0 Å². The van der Waals surface area contributed by atoms with E-state index in [9.17, 15) is 16.8 Å². The molecule has 4 aliphatic rings. The van der Waals surface area contributed by atoms with Crippen molar-refractivity contribution in [1.29, 1.82) is 0 Å². The van der Waals surface area contributed by atoms with Gasteiger partial charge in [0.2, 0.25) is 31.7 Å². The van der Waals surface area contributed by atoms with Crippen molar-refractivity contribution in [2.45, 2.75) is 171 Å². The maximum atomic E-state index is 11.8. The van der Waals surface area contributed by atoms with Crippen molar-refractivity contribution in [3.8, 4) is 0 Å². The third-order valence-electron chi connectivity index (χ3n) is 15.0. The van der Waals surface area contributed by atoms with Crippen molar-refractivity contribution < 1.29 is 16.8 Å². The Balaban J connectivity index is 1.03. The third kappa shape index (κ3) is 11.3. The quantitative estimate of drug-likeness (QED) is 0.108. The van der Waals surface area contributed by atoms with Crippen molar-refractivity contribution in [3.05, 3.63) is 69.8 Å². The van der Waals surface area contributed by atoms with Crippen molar-refractivity contribution in [3.63, 3.8) is 0 Å². The maximum Gasteiger partial charge on any atom is 0.208 e. The molecule has 0 saturated carbocycles. The molecule has 4 aromatic rings. The number of unbranched alkanes of at least 4 members (excludes halogenated alkanes) is 1. The summed E-state index contributed by atoms with van der Waals surface area (Å²) in [7, 11) is -6.73. The van der Waals surface area contributed by atoms with E-state index in [1.807, 2.05) is 13.8 Å². The van der Waals surface area contributed by atoms with Crippen molar-refractivity contribution in [1.82, 2.24) is 39.2 Å². The van der Waals surface area contributed by atoms with Gasteiger partial charge in [-0.25, -0.2) is 46.2 Å². The van der Waals surface area contributed by atoms with Gasteiger partial charge in [-0.05, 0) is 126 Å². The number of hydrogen-bond acceptors (Lipinski definition) is 14. The molecular weight excluding hydrogens is 973 g/mol. The van der Waals surface area contributed by atoms with Crippen LogP contribution in [0, 0.1) is 24.7 Å². The highest BCUT2D eigenvalue weighted by Crippen LogP contribution is 2.48. The van der Waals surface area contributed by atoms with Gasteiger partial charge in [-0.15, -0.1) is 19.8 Å². The monoisotopic (exact) mass is 1050 g/mol. The highest BCUT2D eigenvalue weighted by atomic mass is 32.2. The Morgan fingerprint density at radius 2 is 0.986 bits per heavy atom. The topological polar surface area (TPSA) is 210 Å². The van der Waals surface area contributed by atoms with Gasteiger partial charge in [-0.3, -0.25) is 0 Å². The first-order valence-electron chi connectivity index (χ1n) is 26.2. The Hall–Kier alpha value is -5.18. The van der Waals surface area contributed by atoms with Crippen LogP contribution in [-0.2, 0) is 20.0 Å². The Kier molecular flexibility index (Phi) is 14.5. The lowest BCUT2D eigenvalue weighted by molar-refractivity contribution is 0.361. The summed E-state index contributed by atoms with van der Waals surface area (Å²) < 4.78 is 52.5. The zero-order valence-corrected chi connectivity index (χ0v) is 48.7. The number of rotatable bonds is 15. The van der Waals surface area contributed by atoms with Gasteiger partial charge in [0.05, 0.1) is 35.3 Å². The van der Waals surface area contributed by atoms with Crippen LogP contribution in [0.3, 0.4) is 0 Å². The lowest BCUT2D eigenvalue weighted by atomic mass is 9.79. The standard InChI is InChI=1S/C54H80N14O4S2/c1-31-23-41-37(25-39(31)57-43-45(51(7,8)9)61-67-49(43)59-47(63-67)35(5)29-55-73(17,69)70)33(3)27-53(13,14)65(41)21-19-20-22-66-42-24-32(2)40(26-38(42)34(4)28-54(66,15)16)58-44-46(52(10,11)12)62-68-50(44)60-48(64-68)36(6)30-56-74(18,71)72/h23-26,33-36,55-56H,19-22,27-30H2,1-18H3. The van der Waals surface area contributed by atoms with Crippen LogP contribution < -0.4 is 19.2 Å². The van der Waals surface area contributed by atoms with E-state index < -0.39 is 20.0 Å². The van der Waals surface area contributed by atoms with Crippen molar-refractivity contribution >= 4 is 65.6 Å². The van der Waals surface area contributed by atoms with Crippen molar-refractivity contribution in [2.24, 2.45) is 31.0 Å². The number of hydrogen-bond donors (Lipinski definition) is 2. The van der Waals surface area contributed by atoms with Gasteiger partial charge in [0.1, 0.15) is 11.4 Å². The molecule has 2 N–H and O–H groups in total. The van der Waals surface area contributed by atoms with Crippen LogP contribution in [-0.4, -0.2) is 119 Å². The van der Waals surface area contributed by atoms with Crippen LogP contribution >= 0.6 is 0 Å². The summed E-state index contributed by atoms with van der Waals surface area (Å²) in [6, 6.07) is 9.19. The lowest BCUT2D eigenvalue weighted by Crippen LogP contribution is -2.50. The SMILES string of the molecule is Cc1cc2c(cc1N=C1C(C(C)(C)C)=Nn3nc(C(C)CNS(C)(=O)=O)nc31)C(C)CC(C)(C)N2CCCCN1c2cc(C)c(N=C3C(C(C)(C)C)=Nn4nc(C(C)CNS(C)(=O)=O)nc43)cc2C(C)CC1(C)C. The third-order valence-corrected chi connectivity index (χ3v) is 16.3. The highest BCUT2D eigenvalue weighted by molar-refractivity contribution is 7.89. The molecule has 402 valence electrons. The first kappa shape index (κ1) is 55.1. The number of aromatic nitrogens is 6. The Morgan fingerprint density at radius 3 is 1.31 bits per heavy atom. The molecule has 2 aromatic carbocycles. The zero-order valence-electron chi connectivity index (χ0n) is 47.1. The molecule has 6 heterocycles. The van der Waals surface area contributed by atoms with Gasteiger partial charge >= 0.3 is 0 Å². The van der Waals surface area contributed by atoms with E-state index in [0.717, 1.165) is 85.2 Å². The minimum atomic E-state index is -3.37. The number of nitrogens with zero attached hydrogens (tertiary/aromatic N) is 12. The number of fused-ring (bicyclic) bond motifs is 4. The molecule has 18 nitrogen and oxygen atoms in total. The second kappa shape index (κ2) is 19.4. The van der Waals surface area contributed by atoms with E-state index in [1.54, 1.807) is 9.58 Å². The van der Waals surface area contributed by atoms with E-state index in [2.05, 4.69) is 151 Å². The molecule has 4 aliphatic heterocycles. The molecular formula is C54H80N14O4S2. The zero-order chi connectivity index (χ0) is 54.4. The molecule has 0 amide bonds. The van der Waals surface area contributed by atoms with E-state index >= 15 is 0 Å². The van der Waals surface area contributed by atoms with Gasteiger partial charge in [0.15, 0.2) is 11.6 Å². The van der Waals surface area contributed by atoms with Crippen LogP contribution in [0.2, 0.25) is 0 Å². The molecule has 0 spiro atoms. The average molecular weight is 1050 g/mol. The maximum absolute atomic E-state index is 11.8. The van der Waals surface area contributed by atoms with Crippen LogP contribution in [0.4, 0.5) is 22.7 Å². The number of aliphatic imine (C=N–C) groups is 2. The highest BCUT2D eigenvalue weighted by Gasteiger charge is 2.41. The molecule has 2 aromatic heterocycles.